The van der Waals surface area contributed by atoms with Crippen molar-refractivity contribution in [3.05, 3.63) is 30.1 Å². The topological polar surface area (TPSA) is 72.2 Å². The first kappa shape index (κ1) is 16.1. The first-order valence-electron chi connectivity index (χ1n) is 6.45. The van der Waals surface area contributed by atoms with Crippen molar-refractivity contribution in [2.75, 3.05) is 13.1 Å². The van der Waals surface area contributed by atoms with Gasteiger partial charge in [0.2, 0.25) is 10.0 Å². The van der Waals surface area contributed by atoms with Crippen molar-refractivity contribution in [3.8, 4) is 0 Å². The standard InChI is InChI=1S/C13H21FN2O2S/c1-2-3-11(8-9-15)10-16-19(17,18)13-6-4-12(14)5-7-13/h4-7,11,16H,2-3,8-10,15H2,1H3. The lowest BCUT2D eigenvalue weighted by Crippen LogP contribution is -2.30. The first-order valence-corrected chi connectivity index (χ1v) is 7.93. The van der Waals surface area contributed by atoms with Crippen molar-refractivity contribution >= 4 is 10.0 Å². The average Bonchev–Trinajstić information content (AvgIpc) is 2.37. The van der Waals surface area contributed by atoms with Crippen molar-refractivity contribution in [3.63, 3.8) is 0 Å². The maximum Gasteiger partial charge on any atom is 0.240 e. The minimum atomic E-state index is -3.57. The van der Waals surface area contributed by atoms with Crippen LogP contribution in [0.5, 0.6) is 0 Å². The lowest BCUT2D eigenvalue weighted by molar-refractivity contribution is 0.443. The molecule has 0 radical (unpaired) electrons. The summed E-state index contributed by atoms with van der Waals surface area (Å²) in [5.74, 6) is -0.212. The molecule has 6 heteroatoms. The number of hydrogen-bond acceptors (Lipinski definition) is 3. The van der Waals surface area contributed by atoms with E-state index in [1.807, 2.05) is 0 Å². The summed E-state index contributed by atoms with van der Waals surface area (Å²) in [5.41, 5.74) is 5.51. The minimum absolute atomic E-state index is 0.0805. The van der Waals surface area contributed by atoms with Crippen LogP contribution in [0.2, 0.25) is 0 Å². The highest BCUT2D eigenvalue weighted by Gasteiger charge is 2.16. The van der Waals surface area contributed by atoms with Gasteiger partial charge in [-0.25, -0.2) is 17.5 Å². The monoisotopic (exact) mass is 288 g/mol. The third-order valence-electron chi connectivity index (χ3n) is 2.96. The summed E-state index contributed by atoms with van der Waals surface area (Å²) in [4.78, 5) is 0.0805. The van der Waals surface area contributed by atoms with Gasteiger partial charge in [-0.15, -0.1) is 0 Å². The molecular weight excluding hydrogens is 267 g/mol. The quantitative estimate of drug-likeness (QED) is 0.767. The van der Waals surface area contributed by atoms with Crippen molar-refractivity contribution < 1.29 is 12.8 Å². The van der Waals surface area contributed by atoms with Gasteiger partial charge in [0.15, 0.2) is 0 Å². The van der Waals surface area contributed by atoms with Gasteiger partial charge in [-0.2, -0.15) is 0 Å². The highest BCUT2D eigenvalue weighted by Crippen LogP contribution is 2.13. The van der Waals surface area contributed by atoms with Gasteiger partial charge in [-0.05, 0) is 49.6 Å². The highest BCUT2D eigenvalue weighted by atomic mass is 32.2. The van der Waals surface area contributed by atoms with Crippen LogP contribution in [0.25, 0.3) is 0 Å². The van der Waals surface area contributed by atoms with Gasteiger partial charge < -0.3 is 5.73 Å². The van der Waals surface area contributed by atoms with Gasteiger partial charge in [-0.1, -0.05) is 13.3 Å². The lowest BCUT2D eigenvalue weighted by atomic mass is 10.0. The Morgan fingerprint density at radius 2 is 1.89 bits per heavy atom. The van der Waals surface area contributed by atoms with Crippen LogP contribution >= 0.6 is 0 Å². The minimum Gasteiger partial charge on any atom is -0.330 e. The van der Waals surface area contributed by atoms with Crippen LogP contribution in [0.4, 0.5) is 4.39 Å². The second-order valence-electron chi connectivity index (χ2n) is 4.54. The second kappa shape index (κ2) is 7.57. The fourth-order valence-corrected chi connectivity index (χ4v) is 3.03. The van der Waals surface area contributed by atoms with Crippen LogP contribution in [0.3, 0.4) is 0 Å². The Morgan fingerprint density at radius 1 is 1.26 bits per heavy atom. The number of nitrogens with two attached hydrogens (primary N) is 1. The Labute approximate surface area is 114 Å². The van der Waals surface area contributed by atoms with Crippen molar-refractivity contribution in [1.82, 2.24) is 4.72 Å². The molecule has 0 heterocycles. The Balaban J connectivity index is 2.66. The van der Waals surface area contributed by atoms with Gasteiger partial charge in [0.25, 0.3) is 0 Å². The van der Waals surface area contributed by atoms with E-state index in [2.05, 4.69) is 11.6 Å². The summed E-state index contributed by atoms with van der Waals surface area (Å²) in [6.45, 7) is 2.96. The molecule has 0 fully saturated rings. The molecule has 1 rings (SSSR count). The zero-order valence-corrected chi connectivity index (χ0v) is 11.9. The Morgan fingerprint density at radius 3 is 2.42 bits per heavy atom. The molecule has 0 bridgehead atoms. The van der Waals surface area contributed by atoms with Crippen molar-refractivity contribution in [2.24, 2.45) is 11.7 Å². The second-order valence-corrected chi connectivity index (χ2v) is 6.30. The summed E-state index contributed by atoms with van der Waals surface area (Å²) < 4.78 is 39.3. The molecule has 3 N–H and O–H groups in total. The van der Waals surface area contributed by atoms with Crippen molar-refractivity contribution in [1.29, 1.82) is 0 Å². The van der Waals surface area contributed by atoms with E-state index >= 15 is 0 Å². The molecule has 0 saturated carbocycles. The van der Waals surface area contributed by atoms with Gasteiger partial charge in [0.05, 0.1) is 4.90 Å². The number of hydrogen-bond donors (Lipinski definition) is 2. The lowest BCUT2D eigenvalue weighted by Gasteiger charge is -2.16. The summed E-state index contributed by atoms with van der Waals surface area (Å²) >= 11 is 0. The summed E-state index contributed by atoms with van der Waals surface area (Å²) in [6.07, 6.45) is 2.71. The van der Waals surface area contributed by atoms with Crippen molar-refractivity contribution in [2.45, 2.75) is 31.1 Å². The third-order valence-corrected chi connectivity index (χ3v) is 4.40. The van der Waals surface area contributed by atoms with Crippen LogP contribution in [-0.4, -0.2) is 21.5 Å². The number of benzene rings is 1. The SMILES string of the molecule is CCCC(CCN)CNS(=O)(=O)c1ccc(F)cc1. The maximum atomic E-state index is 12.8. The summed E-state index contributed by atoms with van der Waals surface area (Å²) in [5, 5.41) is 0. The zero-order chi connectivity index (χ0) is 14.3. The highest BCUT2D eigenvalue weighted by molar-refractivity contribution is 7.89. The molecule has 1 aromatic carbocycles. The summed E-state index contributed by atoms with van der Waals surface area (Å²) in [7, 11) is -3.57. The Kier molecular flexibility index (Phi) is 6.41. The molecule has 0 aromatic heterocycles. The predicted octanol–water partition coefficient (Wildman–Crippen LogP) is 1.87. The molecule has 19 heavy (non-hydrogen) atoms. The van der Waals surface area contributed by atoms with E-state index in [9.17, 15) is 12.8 Å². The van der Waals surface area contributed by atoms with Gasteiger partial charge in [0, 0.05) is 6.54 Å². The van der Waals surface area contributed by atoms with E-state index in [0.717, 1.165) is 31.4 Å². The van der Waals surface area contributed by atoms with E-state index in [1.54, 1.807) is 0 Å². The molecule has 108 valence electrons. The fourth-order valence-electron chi connectivity index (χ4n) is 1.92. The number of nitrogens with one attached hydrogen (secondary N) is 1. The van der Waals surface area contributed by atoms with E-state index in [4.69, 9.17) is 5.73 Å². The largest absolute Gasteiger partial charge is 0.330 e. The molecule has 1 atom stereocenters. The Bertz CT molecular complexity index is 468. The first-order chi connectivity index (χ1) is 8.99. The Hall–Kier alpha value is -0.980. The molecule has 0 amide bonds. The molecule has 0 spiro atoms. The van der Waals surface area contributed by atoms with Gasteiger partial charge >= 0.3 is 0 Å². The van der Waals surface area contributed by atoms with Crippen LogP contribution < -0.4 is 10.5 Å². The third kappa shape index (κ3) is 5.26. The number of halogens is 1. The predicted molar refractivity (Wildman–Crippen MR) is 73.7 cm³/mol. The molecule has 0 aliphatic rings. The van der Waals surface area contributed by atoms with Gasteiger partial charge in [-0.3, -0.25) is 0 Å². The van der Waals surface area contributed by atoms with E-state index in [0.29, 0.717) is 13.1 Å². The van der Waals surface area contributed by atoms with E-state index < -0.39 is 15.8 Å². The molecule has 0 aliphatic heterocycles. The average molecular weight is 288 g/mol. The van der Waals surface area contributed by atoms with Crippen LogP contribution in [0.1, 0.15) is 26.2 Å². The molecule has 0 aliphatic carbocycles. The van der Waals surface area contributed by atoms with Gasteiger partial charge in [0.1, 0.15) is 5.82 Å². The molecule has 1 unspecified atom stereocenters. The molecular formula is C13H21FN2O2S. The summed E-state index contributed by atoms with van der Waals surface area (Å²) in [6, 6.07) is 4.79. The zero-order valence-electron chi connectivity index (χ0n) is 11.1. The van der Waals surface area contributed by atoms with Crippen LogP contribution in [0.15, 0.2) is 29.2 Å². The van der Waals surface area contributed by atoms with Crippen LogP contribution in [0, 0.1) is 11.7 Å². The molecule has 4 nitrogen and oxygen atoms in total. The van der Waals surface area contributed by atoms with E-state index in [1.165, 1.54) is 12.1 Å². The molecule has 0 saturated heterocycles. The molecule has 1 aromatic rings. The maximum absolute atomic E-state index is 12.8. The number of rotatable bonds is 8. The smallest absolute Gasteiger partial charge is 0.240 e. The fraction of sp³-hybridized carbons (Fsp3) is 0.538. The normalized spacial score (nSPS) is 13.4. The van der Waals surface area contributed by atoms with E-state index in [-0.39, 0.29) is 10.8 Å². The van der Waals surface area contributed by atoms with Crippen LogP contribution in [-0.2, 0) is 10.0 Å². The number of sulfonamides is 1.